The molecule has 1 aliphatic heterocycles. The second kappa shape index (κ2) is 7.32. The number of rotatable bonds is 4. The van der Waals surface area contributed by atoms with Crippen LogP contribution in [0.15, 0.2) is 47.6 Å². The van der Waals surface area contributed by atoms with Crippen LogP contribution in [0.3, 0.4) is 0 Å². The lowest BCUT2D eigenvalue weighted by Gasteiger charge is -2.20. The quantitative estimate of drug-likeness (QED) is 0.837. The van der Waals surface area contributed by atoms with E-state index < -0.39 is 15.6 Å². The van der Waals surface area contributed by atoms with Crippen molar-refractivity contribution in [2.24, 2.45) is 0 Å². The minimum Gasteiger partial charge on any atom is -0.322 e. The van der Waals surface area contributed by atoms with Crippen molar-refractivity contribution in [2.75, 3.05) is 18.4 Å². The van der Waals surface area contributed by atoms with Gasteiger partial charge in [-0.3, -0.25) is 4.68 Å². The normalized spacial score (nSPS) is 17.9. The monoisotopic (exact) mass is 391 g/mol. The number of nitrogens with zero attached hydrogens (tertiary/aromatic N) is 3. The van der Waals surface area contributed by atoms with E-state index in [1.807, 2.05) is 16.9 Å². The zero-order chi connectivity index (χ0) is 19.7. The molecule has 0 spiro atoms. The molecule has 146 valence electrons. The van der Waals surface area contributed by atoms with Crippen LogP contribution in [0.25, 0.3) is 0 Å². The number of anilines is 1. The van der Waals surface area contributed by atoms with Crippen LogP contribution in [0.4, 0.5) is 10.5 Å². The number of urea groups is 1. The second-order valence-electron chi connectivity index (χ2n) is 7.68. The Hall–Kier alpha value is -2.39. The molecule has 27 heavy (non-hydrogen) atoms. The Morgan fingerprint density at radius 2 is 1.93 bits per heavy atom. The predicted molar refractivity (Wildman–Crippen MR) is 103 cm³/mol. The fourth-order valence-electron chi connectivity index (χ4n) is 3.02. The van der Waals surface area contributed by atoms with Crippen molar-refractivity contribution in [3.8, 4) is 0 Å². The first-order chi connectivity index (χ1) is 12.6. The van der Waals surface area contributed by atoms with Gasteiger partial charge in [-0.05, 0) is 57.5 Å². The van der Waals surface area contributed by atoms with Gasteiger partial charge in [0.05, 0.1) is 10.9 Å². The molecule has 8 nitrogen and oxygen atoms in total. The fourth-order valence-corrected chi connectivity index (χ4v) is 4.44. The molecule has 1 aromatic heterocycles. The number of carbonyl (C=O) groups excluding carboxylic acids is 1. The summed E-state index contributed by atoms with van der Waals surface area (Å²) in [5.41, 5.74) is -0.00990. The van der Waals surface area contributed by atoms with Gasteiger partial charge in [-0.2, -0.15) is 5.10 Å². The number of likely N-dealkylation sites (tertiary alicyclic amines) is 1. The van der Waals surface area contributed by atoms with Gasteiger partial charge in [-0.15, -0.1) is 0 Å². The summed E-state index contributed by atoms with van der Waals surface area (Å²) in [5, 5.41) is 7.05. The molecular weight excluding hydrogens is 366 g/mol. The highest BCUT2D eigenvalue weighted by molar-refractivity contribution is 7.89. The summed E-state index contributed by atoms with van der Waals surface area (Å²) in [4.78, 5) is 14.4. The van der Waals surface area contributed by atoms with Gasteiger partial charge >= 0.3 is 6.03 Å². The third-order valence-electron chi connectivity index (χ3n) is 4.21. The summed E-state index contributed by atoms with van der Waals surface area (Å²) in [6.45, 7) is 6.59. The maximum atomic E-state index is 12.5. The van der Waals surface area contributed by atoms with E-state index in [9.17, 15) is 13.2 Å². The Balaban J connectivity index is 1.61. The van der Waals surface area contributed by atoms with E-state index in [-0.39, 0.29) is 17.0 Å². The van der Waals surface area contributed by atoms with Crippen molar-refractivity contribution in [3.05, 3.63) is 42.7 Å². The lowest BCUT2D eigenvalue weighted by Crippen LogP contribution is -2.40. The Morgan fingerprint density at radius 3 is 2.52 bits per heavy atom. The molecule has 1 saturated heterocycles. The fraction of sp³-hybridized carbons (Fsp3) is 0.444. The molecule has 1 aliphatic rings. The van der Waals surface area contributed by atoms with Gasteiger partial charge in [-0.1, -0.05) is 0 Å². The van der Waals surface area contributed by atoms with Crippen molar-refractivity contribution in [2.45, 2.75) is 43.7 Å². The first-order valence-electron chi connectivity index (χ1n) is 8.83. The van der Waals surface area contributed by atoms with Crippen LogP contribution in [0, 0.1) is 0 Å². The number of sulfonamides is 1. The zero-order valence-electron chi connectivity index (χ0n) is 15.7. The summed E-state index contributed by atoms with van der Waals surface area (Å²) >= 11 is 0. The van der Waals surface area contributed by atoms with Crippen LogP contribution >= 0.6 is 0 Å². The van der Waals surface area contributed by atoms with Crippen molar-refractivity contribution in [1.29, 1.82) is 0 Å². The highest BCUT2D eigenvalue weighted by Crippen LogP contribution is 2.22. The molecule has 2 heterocycles. The van der Waals surface area contributed by atoms with E-state index in [1.165, 1.54) is 12.1 Å². The standard InChI is InChI=1S/C18H25N5O3S/c1-18(2,3)21-27(25,26)16-7-5-14(6-8-16)20-17(24)22-12-9-15(13-22)23-11-4-10-19-23/h4-8,10-11,15,21H,9,12-13H2,1-3H3,(H,20,24). The SMILES string of the molecule is CC(C)(C)NS(=O)(=O)c1ccc(NC(=O)N2CCC(n3cccn3)C2)cc1. The third-order valence-corrected chi connectivity index (χ3v) is 5.98. The Morgan fingerprint density at radius 1 is 1.22 bits per heavy atom. The lowest BCUT2D eigenvalue weighted by molar-refractivity contribution is 0.220. The van der Waals surface area contributed by atoms with Crippen LogP contribution in [0.2, 0.25) is 0 Å². The molecule has 2 aromatic rings. The topological polar surface area (TPSA) is 96.3 Å². The molecule has 2 N–H and O–H groups in total. The molecule has 1 unspecified atom stereocenters. The van der Waals surface area contributed by atoms with E-state index in [4.69, 9.17) is 0 Å². The second-order valence-corrected chi connectivity index (χ2v) is 9.37. The predicted octanol–water partition coefficient (Wildman–Crippen LogP) is 2.44. The largest absolute Gasteiger partial charge is 0.322 e. The lowest BCUT2D eigenvalue weighted by atomic mass is 10.1. The first kappa shape index (κ1) is 19.4. The Kier molecular flexibility index (Phi) is 5.25. The van der Waals surface area contributed by atoms with Gasteiger partial charge in [0.15, 0.2) is 0 Å². The number of nitrogens with one attached hydrogen (secondary N) is 2. The number of carbonyl (C=O) groups is 1. The molecule has 0 bridgehead atoms. The van der Waals surface area contributed by atoms with Crippen LogP contribution in [-0.2, 0) is 10.0 Å². The van der Waals surface area contributed by atoms with Gasteiger partial charge in [0.2, 0.25) is 10.0 Å². The van der Waals surface area contributed by atoms with Crippen LogP contribution < -0.4 is 10.0 Å². The third kappa shape index (κ3) is 4.86. The molecule has 9 heteroatoms. The number of hydrogen-bond donors (Lipinski definition) is 2. The van der Waals surface area contributed by atoms with Crippen LogP contribution in [0.5, 0.6) is 0 Å². The van der Waals surface area contributed by atoms with E-state index in [1.54, 1.807) is 44.0 Å². The minimum absolute atomic E-state index is 0.162. The smallest absolute Gasteiger partial charge is 0.321 e. The summed E-state index contributed by atoms with van der Waals surface area (Å²) in [6.07, 6.45) is 4.48. The molecular formula is C18H25N5O3S. The van der Waals surface area contributed by atoms with Crippen molar-refractivity contribution in [1.82, 2.24) is 19.4 Å². The number of aromatic nitrogens is 2. The van der Waals surface area contributed by atoms with Gasteiger partial charge in [0, 0.05) is 36.7 Å². The maximum absolute atomic E-state index is 12.5. The summed E-state index contributed by atoms with van der Waals surface area (Å²) < 4.78 is 29.1. The Labute approximate surface area is 159 Å². The molecule has 0 aliphatic carbocycles. The average molecular weight is 391 g/mol. The average Bonchev–Trinajstić information content (AvgIpc) is 3.24. The van der Waals surface area contributed by atoms with E-state index in [2.05, 4.69) is 15.1 Å². The highest BCUT2D eigenvalue weighted by atomic mass is 32.2. The minimum atomic E-state index is -3.59. The summed E-state index contributed by atoms with van der Waals surface area (Å²) in [5.74, 6) is 0. The van der Waals surface area contributed by atoms with Gasteiger partial charge in [-0.25, -0.2) is 17.9 Å². The van der Waals surface area contributed by atoms with Crippen molar-refractivity contribution < 1.29 is 13.2 Å². The molecule has 1 aromatic carbocycles. The maximum Gasteiger partial charge on any atom is 0.321 e. The zero-order valence-corrected chi connectivity index (χ0v) is 16.5. The molecule has 2 amide bonds. The van der Waals surface area contributed by atoms with E-state index >= 15 is 0 Å². The first-order valence-corrected chi connectivity index (χ1v) is 10.3. The summed E-state index contributed by atoms with van der Waals surface area (Å²) in [7, 11) is -3.59. The Bertz CT molecular complexity index is 886. The van der Waals surface area contributed by atoms with Gasteiger partial charge in [0.1, 0.15) is 0 Å². The van der Waals surface area contributed by atoms with Gasteiger partial charge in [0.25, 0.3) is 0 Å². The van der Waals surface area contributed by atoms with Crippen molar-refractivity contribution >= 4 is 21.7 Å². The molecule has 1 atom stereocenters. The number of benzene rings is 1. The van der Waals surface area contributed by atoms with Crippen LogP contribution in [0.1, 0.15) is 33.2 Å². The number of amides is 2. The molecule has 3 rings (SSSR count). The van der Waals surface area contributed by atoms with Gasteiger partial charge < -0.3 is 10.2 Å². The number of hydrogen-bond acceptors (Lipinski definition) is 4. The molecule has 0 radical (unpaired) electrons. The van der Waals surface area contributed by atoms with Crippen molar-refractivity contribution in [3.63, 3.8) is 0 Å². The highest BCUT2D eigenvalue weighted by Gasteiger charge is 2.28. The molecule has 1 fully saturated rings. The van der Waals surface area contributed by atoms with E-state index in [0.29, 0.717) is 18.8 Å². The molecule has 0 saturated carbocycles. The van der Waals surface area contributed by atoms with E-state index in [0.717, 1.165) is 6.42 Å². The van der Waals surface area contributed by atoms with Crippen LogP contribution in [-0.4, -0.2) is 47.8 Å². The summed E-state index contributed by atoms with van der Waals surface area (Å²) in [6, 6.07) is 8.01.